The average Bonchev–Trinajstić information content (AvgIpc) is 2.91. The maximum atomic E-state index is 13.7. The number of nitrogens with zero attached hydrogens (tertiary/aromatic N) is 3. The third-order valence-electron chi connectivity index (χ3n) is 6.52. The number of hydrogen-bond acceptors (Lipinski definition) is 5. The lowest BCUT2D eigenvalue weighted by Crippen LogP contribution is -2.57. The molecule has 3 heterocycles. The molecule has 186 valence electrons. The first kappa shape index (κ1) is 24.3. The molecule has 2 aliphatic rings. The number of para-hydroxylation sites is 1. The SMILES string of the molecule is CCN(CC)C1=c2nccc(-c3cccc(Cl)c3Cl)c2=CNN1C(=O)N[C@H]1CCOc2ccccc21. The molecule has 0 bridgehead atoms. The zero-order valence-electron chi connectivity index (χ0n) is 20.1. The first-order valence-corrected chi connectivity index (χ1v) is 12.8. The Morgan fingerprint density at radius 2 is 1.94 bits per heavy atom. The van der Waals surface area contributed by atoms with Crippen LogP contribution in [0.3, 0.4) is 0 Å². The van der Waals surface area contributed by atoms with Crippen molar-refractivity contribution in [1.82, 2.24) is 25.6 Å². The number of urea groups is 1. The highest BCUT2D eigenvalue weighted by Gasteiger charge is 2.30. The first-order valence-electron chi connectivity index (χ1n) is 12.0. The van der Waals surface area contributed by atoms with E-state index in [1.807, 2.05) is 42.5 Å². The molecule has 9 heteroatoms. The molecule has 3 aromatic rings. The van der Waals surface area contributed by atoms with Crippen LogP contribution in [0, 0.1) is 0 Å². The van der Waals surface area contributed by atoms with Gasteiger partial charge in [0.25, 0.3) is 0 Å². The van der Waals surface area contributed by atoms with Gasteiger partial charge in [0.05, 0.1) is 22.7 Å². The van der Waals surface area contributed by atoms with Crippen molar-refractivity contribution in [3.63, 3.8) is 0 Å². The van der Waals surface area contributed by atoms with Gasteiger partial charge in [-0.05, 0) is 37.6 Å². The van der Waals surface area contributed by atoms with E-state index in [0.717, 1.165) is 27.7 Å². The Morgan fingerprint density at radius 3 is 2.75 bits per heavy atom. The largest absolute Gasteiger partial charge is 0.493 e. The standard InChI is InChI=1S/C27H27Cl2N5O2/c1-3-33(4-2)26-25-20(17(12-14-30-25)18-9-7-10-21(28)24(18)29)16-31-34(26)27(35)32-22-13-15-36-23-11-6-5-8-19(22)23/h5-12,14,16,22,31H,3-4,13,15H2,1-2H3,(H,32,35)/t22-/m0/s1. The molecule has 7 nitrogen and oxygen atoms in total. The van der Waals surface area contributed by atoms with Crippen molar-refractivity contribution in [3.05, 3.63) is 80.9 Å². The fourth-order valence-electron chi connectivity index (χ4n) is 4.72. The zero-order chi connectivity index (χ0) is 25.2. The fourth-order valence-corrected chi connectivity index (χ4v) is 5.12. The number of amides is 2. The van der Waals surface area contributed by atoms with Gasteiger partial charge in [0.2, 0.25) is 0 Å². The molecular formula is C27H27Cl2N5O2. The second kappa shape index (κ2) is 10.3. The summed E-state index contributed by atoms with van der Waals surface area (Å²) < 4.78 is 5.76. The van der Waals surface area contributed by atoms with Crippen LogP contribution in [-0.4, -0.2) is 40.6 Å². The van der Waals surface area contributed by atoms with Crippen LogP contribution in [0.2, 0.25) is 10.0 Å². The minimum atomic E-state index is -0.270. The van der Waals surface area contributed by atoms with Gasteiger partial charge in [0.15, 0.2) is 5.82 Å². The molecule has 5 rings (SSSR count). The molecule has 2 aromatic carbocycles. The van der Waals surface area contributed by atoms with Crippen LogP contribution in [-0.2, 0) is 0 Å². The number of rotatable bonds is 5. The van der Waals surface area contributed by atoms with Gasteiger partial charge in [-0.2, -0.15) is 5.01 Å². The third kappa shape index (κ3) is 4.33. The van der Waals surface area contributed by atoms with E-state index in [2.05, 4.69) is 29.5 Å². The zero-order valence-corrected chi connectivity index (χ0v) is 21.6. The molecule has 2 aliphatic heterocycles. The molecule has 0 spiro atoms. The van der Waals surface area contributed by atoms with Crippen LogP contribution in [0.15, 0.2) is 54.7 Å². The lowest BCUT2D eigenvalue weighted by atomic mass is 10.0. The number of hydrogen-bond donors (Lipinski definition) is 2. The summed E-state index contributed by atoms with van der Waals surface area (Å²) in [5.41, 5.74) is 5.85. The van der Waals surface area contributed by atoms with Gasteiger partial charge in [-0.1, -0.05) is 53.5 Å². The molecule has 0 aliphatic carbocycles. The van der Waals surface area contributed by atoms with Gasteiger partial charge in [-0.15, -0.1) is 0 Å². The summed E-state index contributed by atoms with van der Waals surface area (Å²) in [7, 11) is 0. The summed E-state index contributed by atoms with van der Waals surface area (Å²) in [6, 6.07) is 14.8. The second-order valence-corrected chi connectivity index (χ2v) is 9.29. The highest BCUT2D eigenvalue weighted by Crippen LogP contribution is 2.33. The maximum absolute atomic E-state index is 13.7. The Hall–Kier alpha value is -3.42. The Morgan fingerprint density at radius 1 is 1.14 bits per heavy atom. The summed E-state index contributed by atoms with van der Waals surface area (Å²) in [6.07, 6.45) is 4.21. The quantitative estimate of drug-likeness (QED) is 0.523. The Labute approximate surface area is 219 Å². The predicted molar refractivity (Wildman–Crippen MR) is 143 cm³/mol. The molecule has 0 unspecified atom stereocenters. The smallest absolute Gasteiger partial charge is 0.342 e. The molecule has 36 heavy (non-hydrogen) atoms. The number of carbonyl (C=O) groups excluding carboxylic acids is 1. The number of pyridine rings is 1. The number of ether oxygens (including phenoxy) is 1. The van der Waals surface area contributed by atoms with Crippen molar-refractivity contribution in [2.24, 2.45) is 0 Å². The van der Waals surface area contributed by atoms with Gasteiger partial charge in [0, 0.05) is 48.3 Å². The van der Waals surface area contributed by atoms with Crippen molar-refractivity contribution < 1.29 is 9.53 Å². The van der Waals surface area contributed by atoms with Gasteiger partial charge in [0.1, 0.15) is 11.1 Å². The van der Waals surface area contributed by atoms with Crippen LogP contribution in [0.4, 0.5) is 4.79 Å². The first-order chi connectivity index (χ1) is 17.5. The monoisotopic (exact) mass is 523 g/mol. The van der Waals surface area contributed by atoms with Crippen LogP contribution in [0.25, 0.3) is 23.1 Å². The number of hydrazine groups is 1. The van der Waals surface area contributed by atoms with E-state index in [1.54, 1.807) is 18.5 Å². The molecule has 1 aromatic heterocycles. The summed E-state index contributed by atoms with van der Waals surface area (Å²) in [5, 5.41) is 7.20. The molecule has 0 fully saturated rings. The van der Waals surface area contributed by atoms with Gasteiger partial charge >= 0.3 is 6.03 Å². The fraction of sp³-hybridized carbons (Fsp3) is 0.259. The lowest BCUT2D eigenvalue weighted by Gasteiger charge is -2.36. The number of benzene rings is 2. The summed E-state index contributed by atoms with van der Waals surface area (Å²) in [5.74, 6) is 1.48. The number of nitrogens with one attached hydrogen (secondary N) is 2. The van der Waals surface area contributed by atoms with Crippen molar-refractivity contribution in [2.45, 2.75) is 26.3 Å². The van der Waals surface area contributed by atoms with Gasteiger partial charge in [-0.25, -0.2) is 4.79 Å². The third-order valence-corrected chi connectivity index (χ3v) is 7.33. The number of fused-ring (bicyclic) bond motifs is 2. The van der Waals surface area contributed by atoms with E-state index in [4.69, 9.17) is 32.9 Å². The number of carbonyl (C=O) groups is 1. The van der Waals surface area contributed by atoms with Crippen molar-refractivity contribution >= 4 is 41.3 Å². The normalized spacial score (nSPS) is 16.2. The van der Waals surface area contributed by atoms with Crippen LogP contribution >= 0.6 is 23.2 Å². The van der Waals surface area contributed by atoms with Gasteiger partial charge in [-0.3, -0.25) is 10.4 Å². The van der Waals surface area contributed by atoms with Crippen LogP contribution < -0.4 is 26.0 Å². The average molecular weight is 524 g/mol. The van der Waals surface area contributed by atoms with Crippen LogP contribution in [0.5, 0.6) is 5.75 Å². The van der Waals surface area contributed by atoms with Crippen molar-refractivity contribution in [1.29, 1.82) is 0 Å². The minimum absolute atomic E-state index is 0.159. The topological polar surface area (TPSA) is 69.7 Å². The van der Waals surface area contributed by atoms with E-state index in [0.29, 0.717) is 47.3 Å². The maximum Gasteiger partial charge on any atom is 0.342 e. The molecule has 1 atom stereocenters. The Bertz CT molecular complexity index is 1420. The molecule has 0 radical (unpaired) electrons. The number of aromatic nitrogens is 1. The molecule has 2 amide bonds. The van der Waals surface area contributed by atoms with E-state index in [9.17, 15) is 4.79 Å². The van der Waals surface area contributed by atoms with E-state index >= 15 is 0 Å². The van der Waals surface area contributed by atoms with Gasteiger partial charge < -0.3 is 15.0 Å². The van der Waals surface area contributed by atoms with Crippen molar-refractivity contribution in [3.8, 4) is 16.9 Å². The summed E-state index contributed by atoms with van der Waals surface area (Å²) in [6.45, 7) is 6.04. The Kier molecular flexibility index (Phi) is 6.94. The molecule has 2 N–H and O–H groups in total. The van der Waals surface area contributed by atoms with Crippen LogP contribution in [0.1, 0.15) is 31.9 Å². The lowest BCUT2D eigenvalue weighted by molar-refractivity contribution is 0.186. The highest BCUT2D eigenvalue weighted by molar-refractivity contribution is 6.43. The molecule has 0 saturated heterocycles. The summed E-state index contributed by atoms with van der Waals surface area (Å²) >= 11 is 12.9. The van der Waals surface area contributed by atoms with Crippen molar-refractivity contribution in [2.75, 3.05) is 19.7 Å². The number of halogens is 2. The predicted octanol–water partition coefficient (Wildman–Crippen LogP) is 4.25. The minimum Gasteiger partial charge on any atom is -0.493 e. The van der Waals surface area contributed by atoms with E-state index in [-0.39, 0.29) is 12.1 Å². The Balaban J connectivity index is 1.59. The second-order valence-electron chi connectivity index (χ2n) is 8.50. The molecular weight excluding hydrogens is 497 g/mol. The van der Waals surface area contributed by atoms with E-state index in [1.165, 1.54) is 5.01 Å². The summed E-state index contributed by atoms with van der Waals surface area (Å²) in [4.78, 5) is 20.5. The van der Waals surface area contributed by atoms with E-state index < -0.39 is 0 Å². The molecule has 0 saturated carbocycles. The highest BCUT2D eigenvalue weighted by atomic mass is 35.5.